The Labute approximate surface area is 102 Å². The summed E-state index contributed by atoms with van der Waals surface area (Å²) < 4.78 is 0.906. The predicted octanol–water partition coefficient (Wildman–Crippen LogP) is 3.54. The summed E-state index contributed by atoms with van der Waals surface area (Å²) in [7, 11) is 0. The molecule has 0 spiro atoms. The molecule has 0 saturated heterocycles. The van der Waals surface area contributed by atoms with Crippen LogP contribution in [0.1, 0.15) is 11.1 Å². The normalized spacial score (nSPS) is 9.69. The van der Waals surface area contributed by atoms with Crippen molar-refractivity contribution in [3.8, 4) is 12.1 Å². The lowest BCUT2D eigenvalue weighted by Crippen LogP contribution is -1.87. The van der Waals surface area contributed by atoms with Crippen LogP contribution in [-0.2, 0) is 6.42 Å². The van der Waals surface area contributed by atoms with E-state index in [1.165, 1.54) is 0 Å². The number of benzene rings is 2. The van der Waals surface area contributed by atoms with Crippen LogP contribution in [0.15, 0.2) is 34.8 Å². The van der Waals surface area contributed by atoms with Gasteiger partial charge in [-0.15, -0.1) is 0 Å². The van der Waals surface area contributed by atoms with E-state index in [0.717, 1.165) is 20.8 Å². The summed E-state index contributed by atoms with van der Waals surface area (Å²) in [4.78, 5) is 0. The molecule has 0 aromatic heterocycles. The standard InChI is InChI=1S/C13H7BrN2/c14-13-9(6-7-15)4-5-11-10(8-16)2-1-3-12(11)13/h1-5H,6H2. The van der Waals surface area contributed by atoms with Gasteiger partial charge in [0.2, 0.25) is 0 Å². The molecular weight excluding hydrogens is 264 g/mol. The Morgan fingerprint density at radius 2 is 1.88 bits per heavy atom. The van der Waals surface area contributed by atoms with Crippen molar-refractivity contribution in [3.05, 3.63) is 45.9 Å². The Morgan fingerprint density at radius 1 is 1.06 bits per heavy atom. The molecule has 2 rings (SSSR count). The Kier molecular flexibility index (Phi) is 2.90. The van der Waals surface area contributed by atoms with E-state index in [2.05, 4.69) is 28.1 Å². The molecule has 0 unspecified atom stereocenters. The zero-order valence-corrected chi connectivity index (χ0v) is 9.95. The van der Waals surface area contributed by atoms with Crippen molar-refractivity contribution < 1.29 is 0 Å². The molecule has 76 valence electrons. The molecular formula is C13H7BrN2. The maximum absolute atomic E-state index is 8.98. The highest BCUT2D eigenvalue weighted by atomic mass is 79.9. The predicted molar refractivity (Wildman–Crippen MR) is 65.7 cm³/mol. The van der Waals surface area contributed by atoms with E-state index in [-0.39, 0.29) is 0 Å². The second-order valence-corrected chi connectivity index (χ2v) is 4.18. The quantitative estimate of drug-likeness (QED) is 0.796. The van der Waals surface area contributed by atoms with Gasteiger partial charge in [-0.05, 0) is 32.9 Å². The van der Waals surface area contributed by atoms with Crippen LogP contribution >= 0.6 is 15.9 Å². The molecule has 0 heterocycles. The van der Waals surface area contributed by atoms with E-state index in [1.807, 2.05) is 24.3 Å². The molecule has 0 amide bonds. The maximum atomic E-state index is 8.98. The molecule has 0 bridgehead atoms. The van der Waals surface area contributed by atoms with Gasteiger partial charge in [0, 0.05) is 9.86 Å². The fraction of sp³-hybridized carbons (Fsp3) is 0.0769. The Balaban J connectivity index is 2.78. The number of fused-ring (bicyclic) bond motifs is 1. The van der Waals surface area contributed by atoms with Crippen LogP contribution in [0, 0.1) is 22.7 Å². The molecule has 0 atom stereocenters. The average Bonchev–Trinajstić information content (AvgIpc) is 2.32. The highest BCUT2D eigenvalue weighted by Gasteiger charge is 2.07. The van der Waals surface area contributed by atoms with E-state index in [1.54, 1.807) is 6.07 Å². The first-order chi connectivity index (χ1) is 7.77. The van der Waals surface area contributed by atoms with Crippen LogP contribution in [-0.4, -0.2) is 0 Å². The average molecular weight is 271 g/mol. The van der Waals surface area contributed by atoms with Crippen LogP contribution in [0.2, 0.25) is 0 Å². The third-order valence-electron chi connectivity index (χ3n) is 2.47. The van der Waals surface area contributed by atoms with Gasteiger partial charge in [0.15, 0.2) is 0 Å². The first kappa shape index (κ1) is 10.7. The second-order valence-electron chi connectivity index (χ2n) is 3.39. The van der Waals surface area contributed by atoms with Crippen molar-refractivity contribution in [2.75, 3.05) is 0 Å². The van der Waals surface area contributed by atoms with E-state index < -0.39 is 0 Å². The molecule has 0 radical (unpaired) electrons. The molecule has 0 aliphatic heterocycles. The largest absolute Gasteiger partial charge is 0.198 e. The second kappa shape index (κ2) is 4.35. The minimum absolute atomic E-state index is 0.368. The van der Waals surface area contributed by atoms with Crippen molar-refractivity contribution in [3.63, 3.8) is 0 Å². The molecule has 2 nitrogen and oxygen atoms in total. The van der Waals surface area contributed by atoms with Gasteiger partial charge in [-0.1, -0.05) is 24.3 Å². The summed E-state index contributed by atoms with van der Waals surface area (Å²) in [6.45, 7) is 0. The van der Waals surface area contributed by atoms with E-state index in [0.29, 0.717) is 12.0 Å². The topological polar surface area (TPSA) is 47.6 Å². The van der Waals surface area contributed by atoms with Crippen LogP contribution in [0.5, 0.6) is 0 Å². The molecule has 0 saturated carbocycles. The Bertz CT molecular complexity index is 633. The number of nitriles is 2. The lowest BCUT2D eigenvalue weighted by molar-refractivity contribution is 1.26. The SMILES string of the molecule is N#CCc1ccc2c(C#N)cccc2c1Br. The molecule has 0 aliphatic carbocycles. The van der Waals surface area contributed by atoms with E-state index in [4.69, 9.17) is 10.5 Å². The first-order valence-corrected chi connectivity index (χ1v) is 5.54. The molecule has 2 aromatic carbocycles. The van der Waals surface area contributed by atoms with Crippen LogP contribution in [0.4, 0.5) is 0 Å². The molecule has 0 aliphatic rings. The van der Waals surface area contributed by atoms with Crippen LogP contribution in [0.25, 0.3) is 10.8 Å². The first-order valence-electron chi connectivity index (χ1n) is 4.75. The van der Waals surface area contributed by atoms with Gasteiger partial charge in [-0.3, -0.25) is 0 Å². The lowest BCUT2D eigenvalue weighted by Gasteiger charge is -2.06. The van der Waals surface area contributed by atoms with Crippen molar-refractivity contribution in [1.82, 2.24) is 0 Å². The molecule has 2 aromatic rings. The monoisotopic (exact) mass is 270 g/mol. The highest BCUT2D eigenvalue weighted by Crippen LogP contribution is 2.29. The summed E-state index contributed by atoms with van der Waals surface area (Å²) in [5.41, 5.74) is 1.60. The molecule has 3 heteroatoms. The van der Waals surface area contributed by atoms with Crippen molar-refractivity contribution in [1.29, 1.82) is 10.5 Å². The smallest absolute Gasteiger partial charge is 0.0998 e. The minimum atomic E-state index is 0.368. The van der Waals surface area contributed by atoms with Crippen molar-refractivity contribution in [2.24, 2.45) is 0 Å². The van der Waals surface area contributed by atoms with Gasteiger partial charge in [-0.2, -0.15) is 10.5 Å². The van der Waals surface area contributed by atoms with Crippen molar-refractivity contribution >= 4 is 26.7 Å². The number of nitrogens with zero attached hydrogens (tertiary/aromatic N) is 2. The van der Waals surface area contributed by atoms with Gasteiger partial charge in [0.1, 0.15) is 0 Å². The van der Waals surface area contributed by atoms with E-state index >= 15 is 0 Å². The third kappa shape index (κ3) is 1.66. The summed E-state index contributed by atoms with van der Waals surface area (Å²) in [6, 6.07) is 13.7. The molecule has 16 heavy (non-hydrogen) atoms. The van der Waals surface area contributed by atoms with Gasteiger partial charge >= 0.3 is 0 Å². The Morgan fingerprint density at radius 3 is 2.56 bits per heavy atom. The Hall–Kier alpha value is -1.84. The fourth-order valence-electron chi connectivity index (χ4n) is 1.69. The summed E-state index contributed by atoms with van der Waals surface area (Å²) in [5.74, 6) is 0. The van der Waals surface area contributed by atoms with Crippen LogP contribution < -0.4 is 0 Å². The van der Waals surface area contributed by atoms with Gasteiger partial charge in [0.25, 0.3) is 0 Å². The van der Waals surface area contributed by atoms with E-state index in [9.17, 15) is 0 Å². The number of halogens is 1. The zero-order valence-electron chi connectivity index (χ0n) is 8.37. The summed E-state index contributed by atoms with van der Waals surface area (Å²) in [6.07, 6.45) is 0.368. The van der Waals surface area contributed by atoms with Gasteiger partial charge in [-0.25, -0.2) is 0 Å². The van der Waals surface area contributed by atoms with Gasteiger partial charge < -0.3 is 0 Å². The third-order valence-corrected chi connectivity index (χ3v) is 3.40. The molecule has 0 fully saturated rings. The summed E-state index contributed by atoms with van der Waals surface area (Å²) in [5, 5.41) is 19.6. The zero-order chi connectivity index (χ0) is 11.5. The van der Waals surface area contributed by atoms with Crippen molar-refractivity contribution in [2.45, 2.75) is 6.42 Å². The number of rotatable bonds is 1. The number of hydrogen-bond acceptors (Lipinski definition) is 2. The lowest BCUT2D eigenvalue weighted by atomic mass is 10.0. The molecule has 0 N–H and O–H groups in total. The fourth-order valence-corrected chi connectivity index (χ4v) is 2.30. The minimum Gasteiger partial charge on any atom is -0.198 e. The highest BCUT2D eigenvalue weighted by molar-refractivity contribution is 9.10. The van der Waals surface area contributed by atoms with Gasteiger partial charge in [0.05, 0.1) is 24.1 Å². The number of hydrogen-bond donors (Lipinski definition) is 0. The summed E-state index contributed by atoms with van der Waals surface area (Å²) >= 11 is 3.49. The van der Waals surface area contributed by atoms with Crippen LogP contribution in [0.3, 0.4) is 0 Å². The maximum Gasteiger partial charge on any atom is 0.0998 e.